The largest absolute Gasteiger partial charge is 0.442 e. The lowest BCUT2D eigenvalue weighted by Gasteiger charge is -2.17. The van der Waals surface area contributed by atoms with Crippen molar-refractivity contribution in [2.75, 3.05) is 0 Å². The summed E-state index contributed by atoms with van der Waals surface area (Å²) in [5, 5.41) is 5.44. The van der Waals surface area contributed by atoms with Gasteiger partial charge in [0.25, 0.3) is 5.91 Å². The fourth-order valence-corrected chi connectivity index (χ4v) is 4.30. The summed E-state index contributed by atoms with van der Waals surface area (Å²) < 4.78 is 58.1. The number of amides is 2. The summed E-state index contributed by atoms with van der Waals surface area (Å²) in [4.78, 5) is 25.6. The van der Waals surface area contributed by atoms with Crippen LogP contribution < -0.4 is 10.6 Å². The van der Waals surface area contributed by atoms with Gasteiger partial charge in [0, 0.05) is 24.2 Å². The van der Waals surface area contributed by atoms with Crippen LogP contribution in [0.5, 0.6) is 0 Å². The van der Waals surface area contributed by atoms with Gasteiger partial charge in [-0.2, -0.15) is 13.2 Å². The molecule has 1 atom stereocenters. The Balaban J connectivity index is 1.43. The highest BCUT2D eigenvalue weighted by atomic mass is 19.4. The fourth-order valence-electron chi connectivity index (χ4n) is 4.30. The second kappa shape index (κ2) is 12.7. The molecule has 0 radical (unpaired) electrons. The molecule has 212 valence electrons. The third-order valence-electron chi connectivity index (χ3n) is 6.54. The van der Waals surface area contributed by atoms with E-state index in [0.29, 0.717) is 33.4 Å². The number of hydrogen-bond donors (Lipinski definition) is 2. The van der Waals surface area contributed by atoms with Crippen LogP contribution in [0.2, 0.25) is 0 Å². The molecule has 0 fully saturated rings. The van der Waals surface area contributed by atoms with Gasteiger partial charge in [-0.25, -0.2) is 9.18 Å². The van der Waals surface area contributed by atoms with E-state index >= 15 is 0 Å². The van der Waals surface area contributed by atoms with Gasteiger partial charge in [0.2, 0.25) is 0 Å². The zero-order valence-electron chi connectivity index (χ0n) is 22.4. The van der Waals surface area contributed by atoms with Crippen molar-refractivity contribution in [2.24, 2.45) is 0 Å². The van der Waals surface area contributed by atoms with Crippen molar-refractivity contribution in [3.63, 3.8) is 0 Å². The van der Waals surface area contributed by atoms with Crippen LogP contribution >= 0.6 is 0 Å². The highest BCUT2D eigenvalue weighted by molar-refractivity contribution is 6.01. The minimum Gasteiger partial charge on any atom is -0.442 e. The van der Waals surface area contributed by atoms with Crippen LogP contribution in [-0.4, -0.2) is 12.0 Å². The van der Waals surface area contributed by atoms with Crippen LogP contribution in [0.25, 0.3) is 11.1 Å². The Morgan fingerprint density at radius 1 is 0.805 bits per heavy atom. The highest BCUT2D eigenvalue weighted by Gasteiger charge is 2.30. The van der Waals surface area contributed by atoms with Crippen molar-refractivity contribution in [1.82, 2.24) is 10.6 Å². The Hall–Kier alpha value is -4.66. The van der Waals surface area contributed by atoms with E-state index in [1.807, 2.05) is 6.07 Å². The van der Waals surface area contributed by atoms with E-state index < -0.39 is 29.8 Å². The van der Waals surface area contributed by atoms with Gasteiger partial charge in [0.05, 0.1) is 5.56 Å². The Bertz CT molecular complexity index is 1530. The number of nitrogens with one attached hydrogen (secondary N) is 2. The van der Waals surface area contributed by atoms with Crippen molar-refractivity contribution >= 4 is 12.0 Å². The van der Waals surface area contributed by atoms with Gasteiger partial charge < -0.3 is 15.4 Å². The highest BCUT2D eigenvalue weighted by Crippen LogP contribution is 2.31. The quantitative estimate of drug-likeness (QED) is 0.215. The number of carbonyl (C=O) groups excluding carboxylic acids is 2. The van der Waals surface area contributed by atoms with E-state index in [1.165, 1.54) is 18.2 Å². The zero-order valence-corrected chi connectivity index (χ0v) is 22.4. The van der Waals surface area contributed by atoms with Crippen LogP contribution in [-0.2, 0) is 24.0 Å². The molecule has 2 amide bonds. The molecular weight excluding hydrogens is 536 g/mol. The van der Waals surface area contributed by atoms with E-state index in [-0.39, 0.29) is 19.0 Å². The Kier molecular flexibility index (Phi) is 9.07. The predicted molar refractivity (Wildman–Crippen MR) is 147 cm³/mol. The number of aryl methyl sites for hydroxylation is 1. The van der Waals surface area contributed by atoms with Gasteiger partial charge in [-0.3, -0.25) is 4.79 Å². The lowest BCUT2D eigenvalue weighted by Crippen LogP contribution is -2.26. The third kappa shape index (κ3) is 7.51. The van der Waals surface area contributed by atoms with Gasteiger partial charge >= 0.3 is 12.3 Å². The van der Waals surface area contributed by atoms with Gasteiger partial charge in [-0.1, -0.05) is 66.7 Å². The Morgan fingerprint density at radius 3 is 2.12 bits per heavy atom. The first kappa shape index (κ1) is 29.3. The molecule has 4 aromatic rings. The molecule has 0 bridgehead atoms. The van der Waals surface area contributed by atoms with Crippen LogP contribution in [0.1, 0.15) is 51.2 Å². The number of alkyl carbamates (subject to hydrolysis) is 1. The van der Waals surface area contributed by atoms with Crippen LogP contribution in [0.15, 0.2) is 91.0 Å². The van der Waals surface area contributed by atoms with Crippen molar-refractivity contribution in [2.45, 2.75) is 39.2 Å². The Labute approximate surface area is 235 Å². The summed E-state index contributed by atoms with van der Waals surface area (Å²) in [7, 11) is 0. The molecule has 4 rings (SSSR count). The maximum atomic E-state index is 14.2. The number of rotatable bonds is 8. The summed E-state index contributed by atoms with van der Waals surface area (Å²) in [6.07, 6.45) is -5.99. The van der Waals surface area contributed by atoms with E-state index in [0.717, 1.165) is 17.7 Å². The first-order valence-electron chi connectivity index (χ1n) is 12.8. The predicted octanol–water partition coefficient (Wildman–Crippen LogP) is 7.74. The standard InChI is InChI=1S/C32H28F4N2O3/c1-20-11-12-24(29(33)17-20)19-37-30(39)28-10-6-5-9-27(28)26-8-4-3-7-23(26)18-38-31(40)41-21(2)22-13-15-25(16-14-22)32(34,35)36/h3-17,21H,18-19H2,1-2H3,(H,37,39)(H,38,40). The first-order valence-corrected chi connectivity index (χ1v) is 12.8. The lowest BCUT2D eigenvalue weighted by molar-refractivity contribution is -0.137. The summed E-state index contributed by atoms with van der Waals surface area (Å²) in [5.74, 6) is -0.775. The van der Waals surface area contributed by atoms with Crippen molar-refractivity contribution in [3.05, 3.63) is 130 Å². The molecule has 0 aliphatic rings. The average molecular weight is 565 g/mol. The monoisotopic (exact) mass is 564 g/mol. The van der Waals surface area contributed by atoms with E-state index in [1.54, 1.807) is 68.4 Å². The SMILES string of the molecule is Cc1ccc(CNC(=O)c2ccccc2-c2ccccc2CNC(=O)OC(C)c2ccc(C(F)(F)F)cc2)c(F)c1. The fraction of sp³-hybridized carbons (Fsp3) is 0.188. The zero-order chi connectivity index (χ0) is 29.6. The molecule has 9 heteroatoms. The number of hydrogen-bond acceptors (Lipinski definition) is 3. The minimum atomic E-state index is -4.45. The van der Waals surface area contributed by atoms with Crippen molar-refractivity contribution in [1.29, 1.82) is 0 Å². The maximum Gasteiger partial charge on any atom is 0.416 e. The van der Waals surface area contributed by atoms with Gasteiger partial charge in [0.1, 0.15) is 11.9 Å². The Morgan fingerprint density at radius 2 is 1.44 bits per heavy atom. The second-order valence-corrected chi connectivity index (χ2v) is 9.50. The maximum absolute atomic E-state index is 14.2. The molecule has 0 saturated heterocycles. The molecule has 0 spiro atoms. The minimum absolute atomic E-state index is 0.0193. The van der Waals surface area contributed by atoms with E-state index in [9.17, 15) is 27.2 Å². The molecule has 5 nitrogen and oxygen atoms in total. The number of alkyl halides is 3. The van der Waals surface area contributed by atoms with E-state index in [4.69, 9.17) is 4.74 Å². The second-order valence-electron chi connectivity index (χ2n) is 9.50. The topological polar surface area (TPSA) is 67.4 Å². The first-order chi connectivity index (χ1) is 19.5. The molecule has 2 N–H and O–H groups in total. The molecule has 0 saturated carbocycles. The smallest absolute Gasteiger partial charge is 0.416 e. The lowest BCUT2D eigenvalue weighted by atomic mass is 9.95. The summed E-state index contributed by atoms with van der Waals surface area (Å²) in [5.41, 5.74) is 3.20. The molecule has 0 heterocycles. The van der Waals surface area contributed by atoms with Gasteiger partial charge in [-0.05, 0) is 65.9 Å². The third-order valence-corrected chi connectivity index (χ3v) is 6.54. The summed E-state index contributed by atoms with van der Waals surface area (Å²) in [6.45, 7) is 3.44. The van der Waals surface area contributed by atoms with Gasteiger partial charge in [0.15, 0.2) is 0 Å². The van der Waals surface area contributed by atoms with Crippen molar-refractivity contribution in [3.8, 4) is 11.1 Å². The molecule has 4 aromatic carbocycles. The molecule has 0 aliphatic carbocycles. The van der Waals surface area contributed by atoms with Gasteiger partial charge in [-0.15, -0.1) is 0 Å². The molecule has 41 heavy (non-hydrogen) atoms. The number of carbonyl (C=O) groups is 2. The molecule has 0 aliphatic heterocycles. The van der Waals surface area contributed by atoms with Crippen LogP contribution in [0.3, 0.4) is 0 Å². The summed E-state index contributed by atoms with van der Waals surface area (Å²) in [6, 6.07) is 23.4. The van der Waals surface area contributed by atoms with Crippen LogP contribution in [0.4, 0.5) is 22.4 Å². The molecular formula is C32H28F4N2O3. The average Bonchev–Trinajstić information content (AvgIpc) is 2.95. The molecule has 1 unspecified atom stereocenters. The van der Waals surface area contributed by atoms with Crippen LogP contribution in [0, 0.1) is 12.7 Å². The number of benzene rings is 4. The number of halogens is 4. The van der Waals surface area contributed by atoms with E-state index in [2.05, 4.69) is 10.6 Å². The molecule has 0 aromatic heterocycles. The number of ether oxygens (including phenoxy) is 1. The normalized spacial score (nSPS) is 12.0. The van der Waals surface area contributed by atoms with Crippen molar-refractivity contribution < 1.29 is 31.9 Å². The summed E-state index contributed by atoms with van der Waals surface area (Å²) >= 11 is 0.